The summed E-state index contributed by atoms with van der Waals surface area (Å²) in [5.41, 5.74) is 18.2. The molecule has 0 saturated heterocycles. The maximum atomic E-state index is 6.94. The first-order valence-electron chi connectivity index (χ1n) is 24.3. The summed E-state index contributed by atoms with van der Waals surface area (Å²) in [5, 5.41) is 2.11. The molecule has 0 N–H and O–H groups in total. The van der Waals surface area contributed by atoms with Gasteiger partial charge >= 0.3 is 0 Å². The summed E-state index contributed by atoms with van der Waals surface area (Å²) < 4.78 is 9.36. The number of nitrogens with zero attached hydrogens (tertiary/aromatic N) is 7. The van der Waals surface area contributed by atoms with Gasteiger partial charge in [0, 0.05) is 55.4 Å². The Hall–Kier alpha value is -9.34. The highest BCUT2D eigenvalue weighted by Gasteiger charge is 2.41. The molecule has 2 aliphatic rings. The summed E-state index contributed by atoms with van der Waals surface area (Å²) in [7, 11) is 0. The molecule has 3 aromatic heterocycles. The maximum absolute atomic E-state index is 6.94. The van der Waals surface area contributed by atoms with E-state index in [1.54, 1.807) is 0 Å². The number of fused-ring (bicyclic) bond motifs is 7. The minimum atomic E-state index is -0.181. The summed E-state index contributed by atoms with van der Waals surface area (Å²) in [5.74, 6) is 5.29. The van der Waals surface area contributed by atoms with E-state index in [4.69, 9.17) is 34.6 Å². The highest BCUT2D eigenvalue weighted by Crippen LogP contribution is 2.41. The number of ether oxygens (including phenoxy) is 1. The molecule has 0 atom stereocenters. The summed E-state index contributed by atoms with van der Waals surface area (Å²) in [6, 6.07) is 69.4. The van der Waals surface area contributed by atoms with Crippen molar-refractivity contribution >= 4 is 44.9 Å². The van der Waals surface area contributed by atoms with Crippen LogP contribution in [0.3, 0.4) is 0 Å². The quantitative estimate of drug-likeness (QED) is 0.147. The average Bonchev–Trinajstić information content (AvgIpc) is 3.76. The Morgan fingerprint density at radius 3 is 1.39 bits per heavy atom. The van der Waals surface area contributed by atoms with Gasteiger partial charge in [-0.15, -0.1) is 0 Å². The van der Waals surface area contributed by atoms with Crippen LogP contribution in [0, 0.1) is 20.8 Å². The molecule has 0 amide bonds. The van der Waals surface area contributed by atoms with Crippen LogP contribution in [0.1, 0.15) is 16.7 Å². The number of benzene rings is 9. The van der Waals surface area contributed by atoms with Crippen LogP contribution in [0.25, 0.3) is 107 Å². The van der Waals surface area contributed by atoms with Crippen molar-refractivity contribution in [3.63, 3.8) is 0 Å². The second-order valence-corrected chi connectivity index (χ2v) is 18.9. The van der Waals surface area contributed by atoms with Crippen molar-refractivity contribution in [3.8, 4) is 96.6 Å². The van der Waals surface area contributed by atoms with Crippen molar-refractivity contribution in [1.29, 1.82) is 0 Å². The molecule has 9 aromatic carbocycles. The molecule has 14 rings (SSSR count). The zero-order valence-corrected chi connectivity index (χ0v) is 39.7. The molecule has 0 saturated carbocycles. The highest BCUT2D eigenvalue weighted by molar-refractivity contribution is 6.99. The second-order valence-electron chi connectivity index (χ2n) is 18.9. The van der Waals surface area contributed by atoms with Gasteiger partial charge in [0.25, 0.3) is 6.71 Å². The molecule has 338 valence electrons. The number of rotatable bonds is 7. The average molecular weight is 924 g/mol. The van der Waals surface area contributed by atoms with Crippen molar-refractivity contribution in [2.24, 2.45) is 0 Å². The zero-order chi connectivity index (χ0) is 48.0. The van der Waals surface area contributed by atoms with Crippen LogP contribution in [-0.4, -0.2) is 41.2 Å². The first kappa shape index (κ1) is 41.6. The van der Waals surface area contributed by atoms with Gasteiger partial charge in [0.1, 0.15) is 11.5 Å². The van der Waals surface area contributed by atoms with E-state index in [1.807, 2.05) is 97.1 Å². The standard InChI is InChI=1S/C63H42BN7O/c1-37-31-38(2)55(39(3)32-37)44-28-30-53-49(35-44)64-50-36-46(63-69-60(42-21-12-6-13-22-42)66-61(70-63)43-23-14-7-15-24-43)34-48-47-33-45(27-29-51(47)71(57(48)50)52-25-16-26-54(72-53)56(52)64)62-67-58(40-17-8-4-9-18-40)65-59(68-62)41-19-10-5-11-20-41/h4-36H,1-3H3. The fourth-order valence-electron chi connectivity index (χ4n) is 11.2. The summed E-state index contributed by atoms with van der Waals surface area (Å²) in [4.78, 5) is 31.0. The van der Waals surface area contributed by atoms with E-state index in [0.717, 1.165) is 94.3 Å². The lowest BCUT2D eigenvalue weighted by atomic mass is 9.34. The van der Waals surface area contributed by atoms with E-state index in [0.29, 0.717) is 34.9 Å². The van der Waals surface area contributed by atoms with Gasteiger partial charge in [-0.3, -0.25) is 0 Å². The van der Waals surface area contributed by atoms with Crippen molar-refractivity contribution in [1.82, 2.24) is 34.5 Å². The monoisotopic (exact) mass is 923 g/mol. The Morgan fingerprint density at radius 1 is 0.375 bits per heavy atom. The first-order valence-corrected chi connectivity index (χ1v) is 24.3. The van der Waals surface area contributed by atoms with E-state index >= 15 is 0 Å². The highest BCUT2D eigenvalue weighted by atomic mass is 16.5. The van der Waals surface area contributed by atoms with Gasteiger partial charge in [0.2, 0.25) is 0 Å². The van der Waals surface area contributed by atoms with E-state index in [-0.39, 0.29) is 6.71 Å². The molecule has 0 spiro atoms. The molecule has 0 aliphatic carbocycles. The minimum absolute atomic E-state index is 0.181. The molecule has 2 aliphatic heterocycles. The predicted octanol–water partition coefficient (Wildman–Crippen LogP) is 12.7. The van der Waals surface area contributed by atoms with Crippen LogP contribution in [0.4, 0.5) is 0 Å². The molecule has 0 fully saturated rings. The van der Waals surface area contributed by atoms with Crippen LogP contribution < -0.4 is 21.1 Å². The lowest BCUT2D eigenvalue weighted by Gasteiger charge is -2.33. The maximum Gasteiger partial charge on any atom is 0.256 e. The lowest BCUT2D eigenvalue weighted by molar-refractivity contribution is 0.487. The van der Waals surface area contributed by atoms with Gasteiger partial charge in [0.15, 0.2) is 34.9 Å². The Bertz CT molecular complexity index is 4020. The second kappa shape index (κ2) is 16.4. The predicted molar refractivity (Wildman–Crippen MR) is 291 cm³/mol. The molecule has 0 unspecified atom stereocenters. The van der Waals surface area contributed by atoms with E-state index < -0.39 is 0 Å². The van der Waals surface area contributed by atoms with Gasteiger partial charge in [-0.25, -0.2) is 29.9 Å². The normalized spacial score (nSPS) is 12.2. The third-order valence-electron chi connectivity index (χ3n) is 14.2. The number of hydrogen-bond acceptors (Lipinski definition) is 7. The van der Waals surface area contributed by atoms with Gasteiger partial charge in [0.05, 0.1) is 5.52 Å². The number of aryl methyl sites for hydroxylation is 3. The minimum Gasteiger partial charge on any atom is -0.458 e. The number of hydrogen-bond donors (Lipinski definition) is 0. The molecule has 72 heavy (non-hydrogen) atoms. The summed E-state index contributed by atoms with van der Waals surface area (Å²) in [6.45, 7) is 6.41. The Kier molecular flexibility index (Phi) is 9.48. The number of aromatic nitrogens is 7. The van der Waals surface area contributed by atoms with Gasteiger partial charge in [-0.05, 0) is 102 Å². The van der Waals surface area contributed by atoms with Crippen molar-refractivity contribution < 1.29 is 4.74 Å². The molecular weight excluding hydrogens is 882 g/mol. The van der Waals surface area contributed by atoms with E-state index in [9.17, 15) is 0 Å². The van der Waals surface area contributed by atoms with Crippen LogP contribution in [0.2, 0.25) is 0 Å². The van der Waals surface area contributed by atoms with Crippen molar-refractivity contribution in [3.05, 3.63) is 217 Å². The first-order chi connectivity index (χ1) is 35.4. The molecule has 12 aromatic rings. The third kappa shape index (κ3) is 6.77. The Morgan fingerprint density at radius 2 is 0.847 bits per heavy atom. The van der Waals surface area contributed by atoms with Gasteiger partial charge in [-0.2, -0.15) is 0 Å². The topological polar surface area (TPSA) is 91.5 Å². The molecule has 8 nitrogen and oxygen atoms in total. The van der Waals surface area contributed by atoms with Crippen LogP contribution >= 0.6 is 0 Å². The van der Waals surface area contributed by atoms with Crippen molar-refractivity contribution in [2.45, 2.75) is 20.8 Å². The molecule has 0 bridgehead atoms. The van der Waals surface area contributed by atoms with E-state index in [1.165, 1.54) is 22.3 Å². The fourth-order valence-corrected chi connectivity index (χ4v) is 11.2. The largest absolute Gasteiger partial charge is 0.458 e. The van der Waals surface area contributed by atoms with Crippen molar-refractivity contribution in [2.75, 3.05) is 0 Å². The van der Waals surface area contributed by atoms with Gasteiger partial charge < -0.3 is 9.30 Å². The molecular formula is C63H42BN7O. The Balaban J connectivity index is 1.06. The van der Waals surface area contributed by atoms with Crippen LogP contribution in [0.15, 0.2) is 200 Å². The zero-order valence-electron chi connectivity index (χ0n) is 39.7. The molecule has 5 heterocycles. The summed E-state index contributed by atoms with van der Waals surface area (Å²) in [6.07, 6.45) is 0. The van der Waals surface area contributed by atoms with Gasteiger partial charge in [-0.1, -0.05) is 163 Å². The van der Waals surface area contributed by atoms with Crippen LogP contribution in [-0.2, 0) is 0 Å². The lowest BCUT2D eigenvalue weighted by Crippen LogP contribution is -2.58. The fraction of sp³-hybridized carbons (Fsp3) is 0.0476. The SMILES string of the molecule is Cc1cc(C)c(-c2ccc3c(c2)B2c4c(cccc4-n4c5ccc(-c6nc(-c7ccccc7)nc(-c7ccccc7)n6)cc5c5cc(-c6nc(-c7ccccc7)nc(-c7ccccc7)n6)cc2c54)O3)c(C)c1. The smallest absolute Gasteiger partial charge is 0.256 e. The third-order valence-corrected chi connectivity index (χ3v) is 14.2. The summed E-state index contributed by atoms with van der Waals surface area (Å²) >= 11 is 0. The Labute approximate surface area is 416 Å². The van der Waals surface area contributed by atoms with Crippen LogP contribution in [0.5, 0.6) is 11.5 Å². The van der Waals surface area contributed by atoms with E-state index in [2.05, 4.69) is 128 Å². The molecule has 9 heteroatoms. The molecule has 0 radical (unpaired) electrons.